The number of rotatable bonds is 7. The molecule has 0 aromatic carbocycles. The van der Waals surface area contributed by atoms with E-state index in [1.54, 1.807) is 7.11 Å². The zero-order valence-corrected chi connectivity index (χ0v) is 16.7. The van der Waals surface area contributed by atoms with Crippen molar-refractivity contribution in [3.05, 3.63) is 17.1 Å². The average Bonchev–Trinajstić information content (AvgIpc) is 2.67. The Morgan fingerprint density at radius 1 is 1.37 bits per heavy atom. The van der Waals surface area contributed by atoms with Crippen LogP contribution in [0.15, 0.2) is 0 Å². The van der Waals surface area contributed by atoms with Gasteiger partial charge in [-0.1, -0.05) is 0 Å². The van der Waals surface area contributed by atoms with Crippen molar-refractivity contribution >= 4 is 11.7 Å². The van der Waals surface area contributed by atoms with Crippen LogP contribution >= 0.6 is 0 Å². The first-order valence-electron chi connectivity index (χ1n) is 9.89. The van der Waals surface area contributed by atoms with E-state index in [1.165, 1.54) is 0 Å². The van der Waals surface area contributed by atoms with Gasteiger partial charge in [-0.25, -0.2) is 9.97 Å². The molecule has 3 heterocycles. The number of piperidine rings is 1. The van der Waals surface area contributed by atoms with E-state index < -0.39 is 0 Å². The van der Waals surface area contributed by atoms with E-state index in [0.29, 0.717) is 25.6 Å². The third-order valence-electron chi connectivity index (χ3n) is 5.29. The van der Waals surface area contributed by atoms with Crippen molar-refractivity contribution in [3.8, 4) is 0 Å². The molecule has 0 bridgehead atoms. The molecule has 1 fully saturated rings. The highest BCUT2D eigenvalue weighted by molar-refractivity contribution is 5.78. The van der Waals surface area contributed by atoms with Crippen LogP contribution in [0.3, 0.4) is 0 Å². The molecule has 0 unspecified atom stereocenters. The molecule has 1 amide bonds. The Labute approximate surface area is 161 Å². The molecule has 2 aliphatic rings. The number of fused-ring (bicyclic) bond motifs is 1. The minimum atomic E-state index is 0.0170. The summed E-state index contributed by atoms with van der Waals surface area (Å²) in [7, 11) is 3.55. The van der Waals surface area contributed by atoms with Crippen molar-refractivity contribution < 1.29 is 9.53 Å². The van der Waals surface area contributed by atoms with Gasteiger partial charge in [0.2, 0.25) is 5.91 Å². The quantitative estimate of drug-likeness (QED) is 0.638. The van der Waals surface area contributed by atoms with E-state index in [-0.39, 0.29) is 11.9 Å². The van der Waals surface area contributed by atoms with Crippen LogP contribution in [0.2, 0.25) is 0 Å². The van der Waals surface area contributed by atoms with Gasteiger partial charge in [-0.2, -0.15) is 0 Å². The molecule has 1 aromatic heterocycles. The summed E-state index contributed by atoms with van der Waals surface area (Å²) in [6, 6.07) is 0.0170. The number of aromatic nitrogens is 2. The van der Waals surface area contributed by atoms with E-state index in [1.807, 2.05) is 14.0 Å². The van der Waals surface area contributed by atoms with Gasteiger partial charge in [-0.15, -0.1) is 0 Å². The Morgan fingerprint density at radius 2 is 2.15 bits per heavy atom. The lowest BCUT2D eigenvalue weighted by atomic mass is 9.96. The zero-order chi connectivity index (χ0) is 19.2. The van der Waals surface area contributed by atoms with Crippen molar-refractivity contribution in [2.24, 2.45) is 0 Å². The second-order valence-electron chi connectivity index (χ2n) is 7.51. The van der Waals surface area contributed by atoms with Gasteiger partial charge in [-0.05, 0) is 32.9 Å². The van der Waals surface area contributed by atoms with Crippen molar-refractivity contribution in [2.75, 3.05) is 52.3 Å². The van der Waals surface area contributed by atoms with E-state index in [4.69, 9.17) is 14.7 Å². The highest BCUT2D eigenvalue weighted by Gasteiger charge is 2.26. The van der Waals surface area contributed by atoms with Crippen LogP contribution in [0.1, 0.15) is 42.8 Å². The largest absolute Gasteiger partial charge is 0.383 e. The van der Waals surface area contributed by atoms with Crippen molar-refractivity contribution in [1.29, 1.82) is 0 Å². The summed E-state index contributed by atoms with van der Waals surface area (Å²) < 4.78 is 5.08. The topological polar surface area (TPSA) is 91.4 Å². The van der Waals surface area contributed by atoms with Crippen molar-refractivity contribution in [2.45, 2.75) is 44.7 Å². The minimum Gasteiger partial charge on any atom is -0.383 e. The molecule has 0 aliphatic carbocycles. The Hall–Kier alpha value is -1.77. The fraction of sp³-hybridized carbons (Fsp3) is 0.737. The fourth-order valence-corrected chi connectivity index (χ4v) is 3.91. The minimum absolute atomic E-state index is 0.0170. The monoisotopic (exact) mass is 376 g/mol. The second kappa shape index (κ2) is 9.43. The van der Waals surface area contributed by atoms with Gasteiger partial charge in [0.1, 0.15) is 11.6 Å². The van der Waals surface area contributed by atoms with Crippen molar-refractivity contribution in [3.63, 3.8) is 0 Å². The molecule has 1 aromatic rings. The predicted octanol–water partition coefficient (Wildman–Crippen LogP) is 0.495. The first-order chi connectivity index (χ1) is 13.1. The SMILES string of the molecule is CNc1nc(C2CCNCC2)nc2c1CN(CC(=O)N[C@@H](C)COC)CC2. The van der Waals surface area contributed by atoms with E-state index in [2.05, 4.69) is 20.9 Å². The molecule has 0 radical (unpaired) electrons. The maximum atomic E-state index is 12.3. The number of carbonyl (C=O) groups is 1. The molecule has 8 heteroatoms. The van der Waals surface area contributed by atoms with Gasteiger partial charge in [-0.3, -0.25) is 9.69 Å². The summed E-state index contributed by atoms with van der Waals surface area (Å²) in [5.74, 6) is 2.35. The molecule has 0 saturated carbocycles. The lowest BCUT2D eigenvalue weighted by Crippen LogP contribution is -2.44. The van der Waals surface area contributed by atoms with Gasteiger partial charge >= 0.3 is 0 Å². The molecule has 2 aliphatic heterocycles. The number of ether oxygens (including phenoxy) is 1. The van der Waals surface area contributed by atoms with Crippen LogP contribution < -0.4 is 16.0 Å². The number of hydrogen-bond acceptors (Lipinski definition) is 7. The molecular formula is C19H32N6O2. The van der Waals surface area contributed by atoms with E-state index >= 15 is 0 Å². The lowest BCUT2D eigenvalue weighted by molar-refractivity contribution is -0.123. The third-order valence-corrected chi connectivity index (χ3v) is 5.29. The Balaban J connectivity index is 1.67. The first kappa shape index (κ1) is 20.0. The maximum Gasteiger partial charge on any atom is 0.234 e. The molecule has 3 N–H and O–H groups in total. The highest BCUT2D eigenvalue weighted by Crippen LogP contribution is 2.28. The molecule has 1 saturated heterocycles. The molecule has 1 atom stereocenters. The van der Waals surface area contributed by atoms with Crippen LogP contribution in [-0.4, -0.2) is 73.8 Å². The second-order valence-corrected chi connectivity index (χ2v) is 7.51. The normalized spacial score (nSPS) is 19.4. The maximum absolute atomic E-state index is 12.3. The number of methoxy groups -OCH3 is 1. The number of carbonyl (C=O) groups excluding carboxylic acids is 1. The number of nitrogens with zero attached hydrogens (tertiary/aromatic N) is 3. The number of anilines is 1. The third kappa shape index (κ3) is 5.15. The fourth-order valence-electron chi connectivity index (χ4n) is 3.91. The van der Waals surface area contributed by atoms with Gasteiger partial charge in [0, 0.05) is 51.2 Å². The van der Waals surface area contributed by atoms with E-state index in [9.17, 15) is 4.79 Å². The molecule has 150 valence electrons. The van der Waals surface area contributed by atoms with E-state index in [0.717, 1.165) is 61.8 Å². The molecule has 0 spiro atoms. The summed E-state index contributed by atoms with van der Waals surface area (Å²) in [5, 5.41) is 9.62. The smallest absolute Gasteiger partial charge is 0.234 e. The Kier molecular flexibility index (Phi) is 6.98. The van der Waals surface area contributed by atoms with Gasteiger partial charge < -0.3 is 20.7 Å². The molecule has 27 heavy (non-hydrogen) atoms. The van der Waals surface area contributed by atoms with Gasteiger partial charge in [0.25, 0.3) is 0 Å². The van der Waals surface area contributed by atoms with Gasteiger partial charge in [0.15, 0.2) is 0 Å². The Bertz CT molecular complexity index is 630. The summed E-state index contributed by atoms with van der Waals surface area (Å²) >= 11 is 0. The number of hydrogen-bond donors (Lipinski definition) is 3. The zero-order valence-electron chi connectivity index (χ0n) is 16.7. The standard InChI is InChI=1S/C19H32N6O2/c1-13(12-27-3)22-17(26)11-25-9-6-16-15(10-25)19(20-2)24-18(23-16)14-4-7-21-8-5-14/h13-14,21H,4-12H2,1-3H3,(H,22,26)(H,20,23,24)/t13-/m0/s1. The molecular weight excluding hydrogens is 344 g/mol. The number of amides is 1. The van der Waals surface area contributed by atoms with Crippen LogP contribution in [0.25, 0.3) is 0 Å². The van der Waals surface area contributed by atoms with Gasteiger partial charge in [0.05, 0.1) is 18.8 Å². The predicted molar refractivity (Wildman–Crippen MR) is 105 cm³/mol. The van der Waals surface area contributed by atoms with Crippen molar-refractivity contribution in [1.82, 2.24) is 25.5 Å². The highest BCUT2D eigenvalue weighted by atomic mass is 16.5. The van der Waals surface area contributed by atoms with Crippen LogP contribution in [0.5, 0.6) is 0 Å². The first-order valence-corrected chi connectivity index (χ1v) is 9.89. The van der Waals surface area contributed by atoms with Crippen LogP contribution in [0.4, 0.5) is 5.82 Å². The van der Waals surface area contributed by atoms with Crippen LogP contribution in [0, 0.1) is 0 Å². The average molecular weight is 377 g/mol. The summed E-state index contributed by atoms with van der Waals surface area (Å²) in [6.45, 7) is 6.45. The molecule has 3 rings (SSSR count). The molecule has 8 nitrogen and oxygen atoms in total. The number of nitrogens with one attached hydrogen (secondary N) is 3. The van der Waals surface area contributed by atoms with Crippen LogP contribution in [-0.2, 0) is 22.5 Å². The lowest BCUT2D eigenvalue weighted by Gasteiger charge is -2.30. The summed E-state index contributed by atoms with van der Waals surface area (Å²) in [5.41, 5.74) is 2.26. The summed E-state index contributed by atoms with van der Waals surface area (Å²) in [6.07, 6.45) is 3.03. The Morgan fingerprint density at radius 3 is 2.85 bits per heavy atom. The summed E-state index contributed by atoms with van der Waals surface area (Å²) in [4.78, 5) is 24.2.